The lowest BCUT2D eigenvalue weighted by molar-refractivity contribution is -0.0102. The maximum atomic E-state index is 13.9. The number of carbonyl (C=O) groups is 2. The van der Waals surface area contributed by atoms with Crippen molar-refractivity contribution < 1.29 is 27.2 Å². The molecular weight excluding hydrogens is 442 g/mol. The van der Waals surface area contributed by atoms with Gasteiger partial charge in [-0.2, -0.15) is 0 Å². The molecule has 0 spiro atoms. The van der Waals surface area contributed by atoms with E-state index in [1.54, 1.807) is 0 Å². The van der Waals surface area contributed by atoms with Crippen LogP contribution in [0.25, 0.3) is 10.9 Å². The highest BCUT2D eigenvalue weighted by Gasteiger charge is 2.33. The number of aromatic nitrogens is 2. The Morgan fingerprint density at radius 2 is 1.82 bits per heavy atom. The number of alkyl halides is 2. The first-order chi connectivity index (χ1) is 15.6. The maximum absolute atomic E-state index is 13.9. The third-order valence-electron chi connectivity index (χ3n) is 5.37. The van der Waals surface area contributed by atoms with Gasteiger partial charge in [-0.05, 0) is 30.7 Å². The number of nitrogens with two attached hydrogens (primary N) is 1. The Hall–Kier alpha value is -3.76. The maximum Gasteiger partial charge on any atom is 0.267 e. The summed E-state index contributed by atoms with van der Waals surface area (Å²) < 4.78 is 55.4. The molecule has 11 heteroatoms. The van der Waals surface area contributed by atoms with Crippen molar-refractivity contribution in [3.8, 4) is 0 Å². The van der Waals surface area contributed by atoms with Gasteiger partial charge in [0.05, 0.1) is 11.1 Å². The number of anilines is 2. The average molecular weight is 461 g/mol. The largest absolute Gasteiger partial charge is 0.364 e. The number of pyridine rings is 2. The number of hydrogen-bond donors (Lipinski definition) is 2. The molecule has 1 saturated heterocycles. The van der Waals surface area contributed by atoms with Gasteiger partial charge in [-0.3, -0.25) is 14.6 Å². The molecule has 0 bridgehead atoms. The lowest BCUT2D eigenvalue weighted by atomic mass is 10.1. The first kappa shape index (κ1) is 22.4. The van der Waals surface area contributed by atoms with E-state index in [4.69, 9.17) is 5.73 Å². The van der Waals surface area contributed by atoms with Gasteiger partial charge < -0.3 is 16.0 Å². The van der Waals surface area contributed by atoms with E-state index in [-0.39, 0.29) is 59.6 Å². The number of primary amides is 1. The number of halogens is 4. The second-order valence-electron chi connectivity index (χ2n) is 7.76. The molecule has 3 N–H and O–H groups in total. The van der Waals surface area contributed by atoms with Gasteiger partial charge in [-0.15, -0.1) is 0 Å². The minimum absolute atomic E-state index is 0.0174. The number of nitrogens with zero attached hydrogens (tertiary/aromatic N) is 3. The summed E-state index contributed by atoms with van der Waals surface area (Å²) in [4.78, 5) is 34.2. The normalized spacial score (nSPS) is 15.8. The number of amides is 2. The third-order valence-corrected chi connectivity index (χ3v) is 5.37. The van der Waals surface area contributed by atoms with E-state index in [1.165, 1.54) is 29.3 Å². The van der Waals surface area contributed by atoms with Crippen LogP contribution in [0, 0.1) is 11.6 Å². The van der Waals surface area contributed by atoms with Crippen molar-refractivity contribution in [2.45, 2.75) is 25.2 Å². The van der Waals surface area contributed by atoms with Crippen LogP contribution in [0.5, 0.6) is 0 Å². The summed E-state index contributed by atoms with van der Waals surface area (Å²) in [6.45, 7) is 0.135. The van der Waals surface area contributed by atoms with Gasteiger partial charge in [0.2, 0.25) is 5.92 Å². The summed E-state index contributed by atoms with van der Waals surface area (Å²) in [6.07, 6.45) is 0.714. The molecule has 2 aromatic heterocycles. The molecule has 3 aromatic rings. The van der Waals surface area contributed by atoms with Crippen LogP contribution >= 0.6 is 0 Å². The highest BCUT2D eigenvalue weighted by molar-refractivity contribution is 6.10. The van der Waals surface area contributed by atoms with Crippen LogP contribution < -0.4 is 16.0 Å². The standard InChI is InChI=1S/C22H19F4N5O2/c23-15-9-12-8-14(21(33)29-13-2-5-28-18(10-13)19(27)32)20(30-17(12)11-16(15)24)31-6-1-3-22(25,26)4-7-31/h2,5,8-11H,1,3-4,6-7H2,(H2,27,32)(H,28,29,33). The van der Waals surface area contributed by atoms with Gasteiger partial charge in [0, 0.05) is 49.3 Å². The second kappa shape index (κ2) is 8.64. The topological polar surface area (TPSA) is 101 Å². The van der Waals surface area contributed by atoms with E-state index in [2.05, 4.69) is 15.3 Å². The highest BCUT2D eigenvalue weighted by atomic mass is 19.3. The minimum Gasteiger partial charge on any atom is -0.364 e. The fraction of sp³-hybridized carbons (Fsp3) is 0.273. The zero-order valence-corrected chi connectivity index (χ0v) is 17.2. The molecular formula is C22H19F4N5O2. The van der Waals surface area contributed by atoms with Gasteiger partial charge >= 0.3 is 0 Å². The summed E-state index contributed by atoms with van der Waals surface area (Å²) in [7, 11) is 0. The molecule has 1 aromatic carbocycles. The molecule has 3 heterocycles. The molecule has 1 aliphatic rings. The molecule has 2 amide bonds. The van der Waals surface area contributed by atoms with Gasteiger partial charge in [0.15, 0.2) is 11.6 Å². The number of benzene rings is 1. The summed E-state index contributed by atoms with van der Waals surface area (Å²) in [6, 6.07) is 5.83. The van der Waals surface area contributed by atoms with Crippen LogP contribution in [0.3, 0.4) is 0 Å². The monoisotopic (exact) mass is 461 g/mol. The van der Waals surface area contributed by atoms with E-state index in [1.807, 2.05) is 0 Å². The fourth-order valence-corrected chi connectivity index (χ4v) is 3.68. The average Bonchev–Trinajstić information content (AvgIpc) is 2.94. The van der Waals surface area contributed by atoms with E-state index in [0.29, 0.717) is 0 Å². The molecule has 4 rings (SSSR count). The van der Waals surface area contributed by atoms with Gasteiger partial charge in [0.1, 0.15) is 11.5 Å². The molecule has 0 aliphatic carbocycles. The molecule has 172 valence electrons. The lowest BCUT2D eigenvalue weighted by Crippen LogP contribution is -2.29. The Labute approximate surface area is 185 Å². The van der Waals surface area contributed by atoms with Crippen LogP contribution in [-0.4, -0.2) is 40.8 Å². The molecule has 0 radical (unpaired) electrons. The SMILES string of the molecule is NC(=O)c1cc(NC(=O)c2cc3cc(F)c(F)cc3nc2N2CCCC(F)(F)CC2)ccn1. The van der Waals surface area contributed by atoms with Crippen LogP contribution in [0.4, 0.5) is 29.1 Å². The highest BCUT2D eigenvalue weighted by Crippen LogP contribution is 2.32. The minimum atomic E-state index is -2.84. The molecule has 7 nitrogen and oxygen atoms in total. The van der Waals surface area contributed by atoms with Crippen molar-refractivity contribution in [2.24, 2.45) is 5.73 Å². The van der Waals surface area contributed by atoms with Crippen LogP contribution in [0.2, 0.25) is 0 Å². The summed E-state index contributed by atoms with van der Waals surface area (Å²) >= 11 is 0. The zero-order chi connectivity index (χ0) is 23.8. The first-order valence-electron chi connectivity index (χ1n) is 10.1. The number of rotatable bonds is 4. The van der Waals surface area contributed by atoms with Crippen molar-refractivity contribution in [3.05, 3.63) is 59.4 Å². The molecule has 33 heavy (non-hydrogen) atoms. The Morgan fingerprint density at radius 3 is 2.58 bits per heavy atom. The molecule has 1 aliphatic heterocycles. The Balaban J connectivity index is 1.76. The van der Waals surface area contributed by atoms with Crippen molar-refractivity contribution >= 4 is 34.2 Å². The van der Waals surface area contributed by atoms with Crippen LogP contribution in [0.15, 0.2) is 36.5 Å². The number of carbonyl (C=O) groups excluding carboxylic acids is 2. The first-order valence-corrected chi connectivity index (χ1v) is 10.1. The predicted molar refractivity (Wildman–Crippen MR) is 113 cm³/mol. The van der Waals surface area contributed by atoms with E-state index in [0.717, 1.165) is 12.1 Å². The van der Waals surface area contributed by atoms with Crippen molar-refractivity contribution in [1.29, 1.82) is 0 Å². The lowest BCUT2D eigenvalue weighted by Gasteiger charge is -2.24. The van der Waals surface area contributed by atoms with E-state index < -0.39 is 35.8 Å². The Morgan fingerprint density at radius 1 is 1.06 bits per heavy atom. The molecule has 1 fully saturated rings. The van der Waals surface area contributed by atoms with Crippen LogP contribution in [0.1, 0.15) is 40.1 Å². The Bertz CT molecular complexity index is 1250. The predicted octanol–water partition coefficient (Wildman–Crippen LogP) is 3.88. The number of nitrogens with one attached hydrogen (secondary N) is 1. The van der Waals surface area contributed by atoms with Gasteiger partial charge in [-0.1, -0.05) is 0 Å². The molecule has 0 atom stereocenters. The number of hydrogen-bond acceptors (Lipinski definition) is 5. The Kier molecular flexibility index (Phi) is 5.88. The summed E-state index contributed by atoms with van der Waals surface area (Å²) in [5.41, 5.74) is 5.41. The van der Waals surface area contributed by atoms with Gasteiger partial charge in [0.25, 0.3) is 11.8 Å². The zero-order valence-electron chi connectivity index (χ0n) is 17.2. The van der Waals surface area contributed by atoms with E-state index >= 15 is 0 Å². The smallest absolute Gasteiger partial charge is 0.267 e. The van der Waals surface area contributed by atoms with Crippen molar-refractivity contribution in [1.82, 2.24) is 9.97 Å². The molecule has 0 unspecified atom stereocenters. The third kappa shape index (κ3) is 4.86. The summed E-state index contributed by atoms with van der Waals surface area (Å²) in [5.74, 6) is -6.46. The number of fused-ring (bicyclic) bond motifs is 1. The molecule has 0 saturated carbocycles. The quantitative estimate of drug-likeness (QED) is 0.575. The van der Waals surface area contributed by atoms with Gasteiger partial charge in [-0.25, -0.2) is 22.5 Å². The fourth-order valence-electron chi connectivity index (χ4n) is 3.68. The van der Waals surface area contributed by atoms with E-state index in [9.17, 15) is 27.2 Å². The summed E-state index contributed by atoms with van der Waals surface area (Å²) in [5, 5.41) is 2.75. The second-order valence-corrected chi connectivity index (χ2v) is 7.76. The van der Waals surface area contributed by atoms with Crippen LogP contribution in [-0.2, 0) is 0 Å². The van der Waals surface area contributed by atoms with Crippen molar-refractivity contribution in [3.63, 3.8) is 0 Å². The van der Waals surface area contributed by atoms with Crippen molar-refractivity contribution in [2.75, 3.05) is 23.3 Å².